The Hall–Kier alpha value is -2.51. The molecule has 5 nitrogen and oxygen atoms in total. The van der Waals surface area contributed by atoms with Crippen LogP contribution in [-0.4, -0.2) is 51.2 Å². The lowest BCUT2D eigenvalue weighted by atomic mass is 9.99. The molecule has 0 aliphatic carbocycles. The van der Waals surface area contributed by atoms with Gasteiger partial charge in [0.1, 0.15) is 11.5 Å². The van der Waals surface area contributed by atoms with Crippen LogP contribution in [0.3, 0.4) is 0 Å². The number of piperidine rings is 1. The van der Waals surface area contributed by atoms with Crippen molar-refractivity contribution in [1.82, 2.24) is 19.6 Å². The Balaban J connectivity index is 1.23. The van der Waals surface area contributed by atoms with Crippen LogP contribution >= 0.6 is 11.3 Å². The average Bonchev–Trinajstić information content (AvgIpc) is 3.40. The lowest BCUT2D eigenvalue weighted by Crippen LogP contribution is -2.48. The Morgan fingerprint density at radius 1 is 1.13 bits per heavy atom. The van der Waals surface area contributed by atoms with Crippen molar-refractivity contribution in [1.29, 1.82) is 0 Å². The van der Waals surface area contributed by atoms with E-state index in [9.17, 15) is 9.18 Å². The lowest BCUT2D eigenvalue weighted by molar-refractivity contribution is 0.0590. The molecule has 1 fully saturated rings. The fraction of sp³-hybridized carbons (Fsp3) is 0.391. The molecule has 0 unspecified atom stereocenters. The van der Waals surface area contributed by atoms with Crippen molar-refractivity contribution >= 4 is 17.2 Å². The van der Waals surface area contributed by atoms with Crippen molar-refractivity contribution in [2.45, 2.75) is 31.8 Å². The van der Waals surface area contributed by atoms with Crippen molar-refractivity contribution < 1.29 is 9.18 Å². The summed E-state index contributed by atoms with van der Waals surface area (Å²) in [6, 6.07) is 10.8. The summed E-state index contributed by atoms with van der Waals surface area (Å²) in [5, 5.41) is 6.67. The molecular weight excluding hydrogens is 399 g/mol. The number of nitrogens with zero attached hydrogens (tertiary/aromatic N) is 4. The summed E-state index contributed by atoms with van der Waals surface area (Å²) < 4.78 is 14.8. The first-order chi connectivity index (χ1) is 14.6. The fourth-order valence-corrected chi connectivity index (χ4v) is 5.50. The van der Waals surface area contributed by atoms with Gasteiger partial charge < -0.3 is 4.90 Å². The number of amides is 1. The maximum absolute atomic E-state index is 13.2. The summed E-state index contributed by atoms with van der Waals surface area (Å²) in [4.78, 5) is 19.2. The molecule has 7 heteroatoms. The number of thiophene rings is 1. The fourth-order valence-electron chi connectivity index (χ4n) is 4.61. The lowest BCUT2D eigenvalue weighted by Gasteiger charge is -2.40. The smallest absolute Gasteiger partial charge is 0.272 e. The molecule has 1 saturated heterocycles. The van der Waals surface area contributed by atoms with Gasteiger partial charge in [0, 0.05) is 49.7 Å². The number of hydrogen-bond acceptors (Lipinski definition) is 4. The number of fused-ring (bicyclic) bond motifs is 1. The van der Waals surface area contributed by atoms with Crippen LogP contribution in [0.5, 0.6) is 0 Å². The predicted octanol–water partition coefficient (Wildman–Crippen LogP) is 3.95. The van der Waals surface area contributed by atoms with E-state index in [1.807, 2.05) is 22.3 Å². The minimum atomic E-state index is -0.280. The number of halogens is 1. The maximum Gasteiger partial charge on any atom is 0.272 e. The molecule has 0 spiro atoms. The van der Waals surface area contributed by atoms with E-state index in [1.54, 1.807) is 23.9 Å². The first-order valence-corrected chi connectivity index (χ1v) is 11.3. The first kappa shape index (κ1) is 19.5. The van der Waals surface area contributed by atoms with Gasteiger partial charge in [-0.2, -0.15) is 5.10 Å². The highest BCUT2D eigenvalue weighted by Gasteiger charge is 2.30. The zero-order valence-electron chi connectivity index (χ0n) is 17.1. The Kier molecular flexibility index (Phi) is 5.16. The summed E-state index contributed by atoms with van der Waals surface area (Å²) >= 11 is 1.87. The van der Waals surface area contributed by atoms with Crippen LogP contribution in [0.15, 0.2) is 41.8 Å². The first-order valence-electron chi connectivity index (χ1n) is 10.5. The average molecular weight is 425 g/mol. The van der Waals surface area contributed by atoms with E-state index >= 15 is 0 Å². The van der Waals surface area contributed by atoms with Gasteiger partial charge in [-0.15, -0.1) is 11.3 Å². The van der Waals surface area contributed by atoms with Crippen LogP contribution in [0.25, 0.3) is 11.3 Å². The number of hydrogen-bond donors (Lipinski definition) is 0. The van der Waals surface area contributed by atoms with Crippen molar-refractivity contribution in [2.24, 2.45) is 7.05 Å². The van der Waals surface area contributed by atoms with E-state index in [4.69, 9.17) is 0 Å². The Morgan fingerprint density at radius 2 is 1.90 bits per heavy atom. The molecule has 0 saturated carbocycles. The number of carbonyl (C=O) groups excluding carboxylic acids is 1. The Bertz CT molecular complexity index is 1050. The van der Waals surface area contributed by atoms with Gasteiger partial charge in [0.05, 0.1) is 5.69 Å². The summed E-state index contributed by atoms with van der Waals surface area (Å²) in [6.07, 6.45) is 3.16. The van der Waals surface area contributed by atoms with Crippen LogP contribution in [0, 0.1) is 5.82 Å². The highest BCUT2D eigenvalue weighted by Crippen LogP contribution is 2.28. The second kappa shape index (κ2) is 7.96. The quantitative estimate of drug-likeness (QED) is 0.639. The molecule has 2 aliphatic heterocycles. The largest absolute Gasteiger partial charge is 0.337 e. The number of aromatic nitrogens is 2. The molecule has 1 aromatic carbocycles. The molecule has 0 atom stereocenters. The monoisotopic (exact) mass is 424 g/mol. The van der Waals surface area contributed by atoms with Gasteiger partial charge in [-0.3, -0.25) is 14.4 Å². The highest BCUT2D eigenvalue weighted by molar-refractivity contribution is 7.10. The van der Waals surface area contributed by atoms with Crippen LogP contribution in [0.1, 0.15) is 33.8 Å². The second-order valence-electron chi connectivity index (χ2n) is 8.16. The topological polar surface area (TPSA) is 41.4 Å². The van der Waals surface area contributed by atoms with Gasteiger partial charge in [-0.25, -0.2) is 4.39 Å². The van der Waals surface area contributed by atoms with Crippen molar-refractivity contribution in [3.8, 4) is 11.3 Å². The molecule has 2 aliphatic rings. The van der Waals surface area contributed by atoms with E-state index < -0.39 is 0 Å². The maximum atomic E-state index is 13.2. The molecule has 5 rings (SSSR count). The molecule has 156 valence electrons. The van der Waals surface area contributed by atoms with Crippen molar-refractivity contribution in [3.63, 3.8) is 0 Å². The third-order valence-corrected chi connectivity index (χ3v) is 7.37. The number of aryl methyl sites for hydroxylation is 1. The van der Waals surface area contributed by atoms with Crippen molar-refractivity contribution in [2.75, 3.05) is 19.6 Å². The Labute approximate surface area is 179 Å². The summed E-state index contributed by atoms with van der Waals surface area (Å²) in [5.74, 6) is -0.256. The zero-order valence-corrected chi connectivity index (χ0v) is 17.9. The second-order valence-corrected chi connectivity index (χ2v) is 9.16. The van der Waals surface area contributed by atoms with Gasteiger partial charge in [0.25, 0.3) is 5.91 Å². The third-order valence-electron chi connectivity index (χ3n) is 6.34. The minimum absolute atomic E-state index is 0.0237. The molecule has 1 amide bonds. The Morgan fingerprint density at radius 3 is 2.67 bits per heavy atom. The number of likely N-dealkylation sites (tertiary alicyclic amines) is 1. The molecular formula is C23H25FN4OS. The van der Waals surface area contributed by atoms with Gasteiger partial charge in [0.15, 0.2) is 0 Å². The van der Waals surface area contributed by atoms with Crippen LogP contribution in [-0.2, 0) is 20.0 Å². The third kappa shape index (κ3) is 3.68. The standard InChI is InChI=1S/C23H25FN4OS/c1-26-21(14-20(25-26)16-2-4-18(24)5-3-16)23(29)27-10-6-19(7-11-27)28-12-8-22-17(15-28)9-13-30-22/h2-5,9,13-14,19H,6-8,10-12,15H2,1H3. The van der Waals surface area contributed by atoms with E-state index in [1.165, 1.54) is 22.6 Å². The number of rotatable bonds is 3. The summed E-state index contributed by atoms with van der Waals surface area (Å²) in [7, 11) is 1.79. The molecule has 0 N–H and O–H groups in total. The van der Waals surface area contributed by atoms with Crippen molar-refractivity contribution in [3.05, 3.63) is 63.7 Å². The number of carbonyl (C=O) groups is 1. The van der Waals surface area contributed by atoms with E-state index in [2.05, 4.69) is 21.4 Å². The van der Waals surface area contributed by atoms with Gasteiger partial charge in [0.2, 0.25) is 0 Å². The summed E-state index contributed by atoms with van der Waals surface area (Å²) in [5.41, 5.74) is 3.56. The number of benzene rings is 1. The van der Waals surface area contributed by atoms with E-state index in [-0.39, 0.29) is 11.7 Å². The highest BCUT2D eigenvalue weighted by atomic mass is 32.1. The molecule has 4 heterocycles. The van der Waals surface area contributed by atoms with Crippen LogP contribution < -0.4 is 0 Å². The zero-order chi connectivity index (χ0) is 20.7. The molecule has 2 aromatic heterocycles. The normalized spacial score (nSPS) is 17.9. The van der Waals surface area contributed by atoms with Gasteiger partial charge in [-0.05, 0) is 66.6 Å². The predicted molar refractivity (Wildman–Crippen MR) is 116 cm³/mol. The molecule has 0 bridgehead atoms. The SMILES string of the molecule is Cn1nc(-c2ccc(F)cc2)cc1C(=O)N1CCC(N2CCc3sccc3C2)CC1. The molecule has 3 aromatic rings. The van der Waals surface area contributed by atoms with Crippen LogP contribution in [0.2, 0.25) is 0 Å². The summed E-state index contributed by atoms with van der Waals surface area (Å²) in [6.45, 7) is 3.70. The molecule has 30 heavy (non-hydrogen) atoms. The van der Waals surface area contributed by atoms with Crippen LogP contribution in [0.4, 0.5) is 4.39 Å². The van der Waals surface area contributed by atoms with Gasteiger partial charge >= 0.3 is 0 Å². The minimum Gasteiger partial charge on any atom is -0.337 e. The van der Waals surface area contributed by atoms with E-state index in [0.29, 0.717) is 17.4 Å². The van der Waals surface area contributed by atoms with Gasteiger partial charge in [-0.1, -0.05) is 0 Å². The molecule has 0 radical (unpaired) electrons. The van der Waals surface area contributed by atoms with E-state index in [0.717, 1.165) is 51.0 Å².